The summed E-state index contributed by atoms with van der Waals surface area (Å²) in [7, 11) is -3.81. The van der Waals surface area contributed by atoms with Gasteiger partial charge in [-0.3, -0.25) is 4.72 Å². The molecule has 0 amide bonds. The highest BCUT2D eigenvalue weighted by Gasteiger charge is 2.15. The van der Waals surface area contributed by atoms with Crippen LogP contribution in [0.1, 0.15) is 11.1 Å². The Hall–Kier alpha value is -1.92. The van der Waals surface area contributed by atoms with Gasteiger partial charge in [0, 0.05) is 12.2 Å². The highest BCUT2D eigenvalue weighted by Crippen LogP contribution is 2.19. The maximum Gasteiger partial charge on any atom is 0.261 e. The number of rotatable bonds is 4. The van der Waals surface area contributed by atoms with Gasteiger partial charge in [-0.05, 0) is 42.3 Å². The molecule has 3 N–H and O–H groups in total. The summed E-state index contributed by atoms with van der Waals surface area (Å²) in [6.07, 6.45) is 0. The first-order chi connectivity index (χ1) is 9.42. The molecule has 0 radical (unpaired) electrons. The number of nitrogens with one attached hydrogen (secondary N) is 1. The average molecular weight is 294 g/mol. The second kappa shape index (κ2) is 5.60. The van der Waals surface area contributed by atoms with Gasteiger partial charge in [0.2, 0.25) is 0 Å². The van der Waals surface area contributed by atoms with Crippen LogP contribution in [0.3, 0.4) is 0 Å². The maximum absolute atomic E-state index is 13.5. The van der Waals surface area contributed by atoms with Crippen molar-refractivity contribution >= 4 is 15.7 Å². The largest absolute Gasteiger partial charge is 0.326 e. The van der Waals surface area contributed by atoms with Crippen molar-refractivity contribution < 1.29 is 12.8 Å². The highest BCUT2D eigenvalue weighted by atomic mass is 32.2. The average Bonchev–Trinajstić information content (AvgIpc) is 2.41. The van der Waals surface area contributed by atoms with E-state index in [0.29, 0.717) is 17.8 Å². The predicted octanol–water partition coefficient (Wildman–Crippen LogP) is 2.39. The number of halogens is 1. The summed E-state index contributed by atoms with van der Waals surface area (Å²) < 4.78 is 40.2. The smallest absolute Gasteiger partial charge is 0.261 e. The molecule has 0 bridgehead atoms. The SMILES string of the molecule is Cc1ccc(S(=O)(=O)Nc2cccc(CN)c2)cc1F. The Labute approximate surface area is 117 Å². The van der Waals surface area contributed by atoms with E-state index in [1.165, 1.54) is 12.1 Å². The fraction of sp³-hybridized carbons (Fsp3) is 0.143. The summed E-state index contributed by atoms with van der Waals surface area (Å²) in [6, 6.07) is 10.6. The summed E-state index contributed by atoms with van der Waals surface area (Å²) in [4.78, 5) is -0.112. The number of aryl methyl sites for hydroxylation is 1. The zero-order chi connectivity index (χ0) is 14.8. The van der Waals surface area contributed by atoms with Crippen LogP contribution >= 0.6 is 0 Å². The molecule has 0 aromatic heterocycles. The molecule has 0 heterocycles. The molecule has 4 nitrogen and oxygen atoms in total. The molecule has 2 aromatic carbocycles. The topological polar surface area (TPSA) is 72.2 Å². The molecule has 0 aliphatic heterocycles. The molecule has 0 atom stereocenters. The van der Waals surface area contributed by atoms with Crippen LogP contribution in [-0.2, 0) is 16.6 Å². The van der Waals surface area contributed by atoms with E-state index in [1.54, 1.807) is 31.2 Å². The summed E-state index contributed by atoms with van der Waals surface area (Å²) >= 11 is 0. The van der Waals surface area contributed by atoms with Crippen LogP contribution in [0.15, 0.2) is 47.4 Å². The number of benzene rings is 2. The van der Waals surface area contributed by atoms with Crippen molar-refractivity contribution in [3.63, 3.8) is 0 Å². The zero-order valence-electron chi connectivity index (χ0n) is 10.9. The second-order valence-corrected chi connectivity index (χ2v) is 6.10. The van der Waals surface area contributed by atoms with E-state index >= 15 is 0 Å². The molecular weight excluding hydrogens is 279 g/mol. The summed E-state index contributed by atoms with van der Waals surface area (Å²) in [5.74, 6) is -0.552. The Morgan fingerprint density at radius 1 is 1.20 bits per heavy atom. The van der Waals surface area contributed by atoms with Gasteiger partial charge in [-0.15, -0.1) is 0 Å². The van der Waals surface area contributed by atoms with Crippen LogP contribution in [0.2, 0.25) is 0 Å². The molecule has 0 saturated carbocycles. The molecule has 0 aliphatic rings. The molecule has 0 spiro atoms. The minimum absolute atomic E-state index is 0.112. The number of hydrogen-bond donors (Lipinski definition) is 2. The molecule has 20 heavy (non-hydrogen) atoms. The maximum atomic E-state index is 13.5. The standard InChI is InChI=1S/C14H15FN2O2S/c1-10-5-6-13(8-14(10)15)20(18,19)17-12-4-2-3-11(7-12)9-16/h2-8,17H,9,16H2,1H3. The second-order valence-electron chi connectivity index (χ2n) is 4.42. The van der Waals surface area contributed by atoms with Crippen LogP contribution in [0.25, 0.3) is 0 Å². The molecule has 106 valence electrons. The Balaban J connectivity index is 2.32. The Bertz CT molecular complexity index is 730. The van der Waals surface area contributed by atoms with Gasteiger partial charge in [0.1, 0.15) is 5.82 Å². The Morgan fingerprint density at radius 2 is 1.95 bits per heavy atom. The lowest BCUT2D eigenvalue weighted by Gasteiger charge is -2.09. The highest BCUT2D eigenvalue weighted by molar-refractivity contribution is 7.92. The minimum Gasteiger partial charge on any atom is -0.326 e. The van der Waals surface area contributed by atoms with Crippen molar-refractivity contribution in [2.45, 2.75) is 18.4 Å². The molecule has 6 heteroatoms. The molecule has 0 aliphatic carbocycles. The zero-order valence-corrected chi connectivity index (χ0v) is 11.7. The Morgan fingerprint density at radius 3 is 2.60 bits per heavy atom. The molecule has 0 saturated heterocycles. The fourth-order valence-electron chi connectivity index (χ4n) is 1.72. The van der Waals surface area contributed by atoms with E-state index in [9.17, 15) is 12.8 Å². The lowest BCUT2D eigenvalue weighted by atomic mass is 10.2. The van der Waals surface area contributed by atoms with Crippen molar-refractivity contribution in [2.24, 2.45) is 5.73 Å². The van der Waals surface area contributed by atoms with Crippen molar-refractivity contribution in [3.8, 4) is 0 Å². The summed E-state index contributed by atoms with van der Waals surface area (Å²) in [5.41, 5.74) is 7.10. The lowest BCUT2D eigenvalue weighted by molar-refractivity contribution is 0.593. The third-order valence-electron chi connectivity index (χ3n) is 2.87. The number of anilines is 1. The van der Waals surface area contributed by atoms with Gasteiger partial charge in [-0.2, -0.15) is 0 Å². The van der Waals surface area contributed by atoms with E-state index in [1.807, 2.05) is 0 Å². The molecule has 2 rings (SSSR count). The van der Waals surface area contributed by atoms with Crippen molar-refractivity contribution in [1.82, 2.24) is 0 Å². The van der Waals surface area contributed by atoms with Gasteiger partial charge in [-0.1, -0.05) is 18.2 Å². The van der Waals surface area contributed by atoms with Gasteiger partial charge in [0.25, 0.3) is 10.0 Å². The van der Waals surface area contributed by atoms with Crippen molar-refractivity contribution in [1.29, 1.82) is 0 Å². The van der Waals surface area contributed by atoms with E-state index in [0.717, 1.165) is 11.6 Å². The van der Waals surface area contributed by atoms with Gasteiger partial charge in [0.15, 0.2) is 0 Å². The van der Waals surface area contributed by atoms with E-state index in [-0.39, 0.29) is 4.90 Å². The van der Waals surface area contributed by atoms with Gasteiger partial charge < -0.3 is 5.73 Å². The van der Waals surface area contributed by atoms with Crippen LogP contribution in [0.4, 0.5) is 10.1 Å². The first-order valence-electron chi connectivity index (χ1n) is 6.00. The van der Waals surface area contributed by atoms with E-state index in [4.69, 9.17) is 5.73 Å². The van der Waals surface area contributed by atoms with E-state index in [2.05, 4.69) is 4.72 Å². The molecular formula is C14H15FN2O2S. The van der Waals surface area contributed by atoms with E-state index < -0.39 is 15.8 Å². The third-order valence-corrected chi connectivity index (χ3v) is 4.25. The van der Waals surface area contributed by atoms with Gasteiger partial charge >= 0.3 is 0 Å². The van der Waals surface area contributed by atoms with Gasteiger partial charge in [0.05, 0.1) is 4.90 Å². The third kappa shape index (κ3) is 3.15. The first-order valence-corrected chi connectivity index (χ1v) is 7.48. The van der Waals surface area contributed by atoms with Crippen LogP contribution in [-0.4, -0.2) is 8.42 Å². The predicted molar refractivity (Wildman–Crippen MR) is 76.3 cm³/mol. The summed E-state index contributed by atoms with van der Waals surface area (Å²) in [5, 5.41) is 0. The van der Waals surface area contributed by atoms with Crippen LogP contribution in [0, 0.1) is 12.7 Å². The number of sulfonamides is 1. The molecule has 0 fully saturated rings. The normalized spacial score (nSPS) is 11.3. The lowest BCUT2D eigenvalue weighted by Crippen LogP contribution is -2.13. The van der Waals surface area contributed by atoms with Crippen LogP contribution in [0.5, 0.6) is 0 Å². The molecule has 0 unspecified atom stereocenters. The minimum atomic E-state index is -3.81. The summed E-state index contributed by atoms with van der Waals surface area (Å²) in [6.45, 7) is 1.89. The number of hydrogen-bond acceptors (Lipinski definition) is 3. The van der Waals surface area contributed by atoms with Gasteiger partial charge in [-0.25, -0.2) is 12.8 Å². The van der Waals surface area contributed by atoms with Crippen molar-refractivity contribution in [2.75, 3.05) is 4.72 Å². The quantitative estimate of drug-likeness (QED) is 0.909. The van der Waals surface area contributed by atoms with Crippen LogP contribution < -0.4 is 10.5 Å². The monoisotopic (exact) mass is 294 g/mol. The fourth-order valence-corrected chi connectivity index (χ4v) is 2.78. The van der Waals surface area contributed by atoms with Crippen molar-refractivity contribution in [3.05, 3.63) is 59.4 Å². The number of nitrogens with two attached hydrogens (primary N) is 1. The Kier molecular flexibility index (Phi) is 4.06. The first kappa shape index (κ1) is 14.5. The molecule has 2 aromatic rings.